The van der Waals surface area contributed by atoms with Crippen molar-refractivity contribution in [3.63, 3.8) is 0 Å². The number of rotatable bonds is 6. The van der Waals surface area contributed by atoms with Crippen LogP contribution >= 0.6 is 0 Å². The van der Waals surface area contributed by atoms with Gasteiger partial charge in [-0.05, 0) is 18.8 Å². The van der Waals surface area contributed by atoms with Crippen LogP contribution in [0.5, 0.6) is 0 Å². The van der Waals surface area contributed by atoms with Gasteiger partial charge in [-0.1, -0.05) is 20.8 Å². The maximum Gasteiger partial charge on any atom is 0.326 e. The molecule has 0 spiro atoms. The molecule has 1 aromatic rings. The molecule has 0 fully saturated rings. The van der Waals surface area contributed by atoms with E-state index in [2.05, 4.69) is 10.4 Å². The summed E-state index contributed by atoms with van der Waals surface area (Å²) in [6.45, 7) is 5.75. The molecule has 1 heterocycles. The molecule has 6 nitrogen and oxygen atoms in total. The first-order valence-electron chi connectivity index (χ1n) is 6.41. The molecule has 0 saturated heterocycles. The summed E-state index contributed by atoms with van der Waals surface area (Å²) in [4.78, 5) is 23.2. The Bertz CT molecular complexity index is 466. The lowest BCUT2D eigenvalue weighted by atomic mass is 10.0. The molecule has 6 heteroatoms. The van der Waals surface area contributed by atoms with E-state index < -0.39 is 12.0 Å². The minimum atomic E-state index is -1.01. The number of aryl methyl sites for hydroxylation is 2. The number of carboxylic acids is 1. The van der Waals surface area contributed by atoms with Crippen LogP contribution in [0.25, 0.3) is 0 Å². The Morgan fingerprint density at radius 3 is 2.58 bits per heavy atom. The molecule has 2 N–H and O–H groups in total. The van der Waals surface area contributed by atoms with Crippen LogP contribution < -0.4 is 5.32 Å². The molecule has 1 rings (SSSR count). The Labute approximate surface area is 112 Å². The summed E-state index contributed by atoms with van der Waals surface area (Å²) in [6.07, 6.45) is 2.65. The zero-order valence-electron chi connectivity index (χ0n) is 11.8. The Morgan fingerprint density at radius 1 is 1.47 bits per heavy atom. The quantitative estimate of drug-likeness (QED) is 0.811. The number of carbonyl (C=O) groups excluding carboxylic acids is 1. The van der Waals surface area contributed by atoms with Gasteiger partial charge < -0.3 is 10.4 Å². The summed E-state index contributed by atoms with van der Waals surface area (Å²) in [5, 5.41) is 15.8. The minimum Gasteiger partial charge on any atom is -0.480 e. The summed E-state index contributed by atoms with van der Waals surface area (Å²) < 4.78 is 1.56. The summed E-state index contributed by atoms with van der Waals surface area (Å²) in [5.41, 5.74) is 1.12. The summed E-state index contributed by atoms with van der Waals surface area (Å²) in [6, 6.07) is -0.864. The average Bonchev–Trinajstić information content (AvgIpc) is 2.68. The Balaban J connectivity index is 2.84. The second kappa shape index (κ2) is 6.36. The highest BCUT2D eigenvalue weighted by Crippen LogP contribution is 2.10. The summed E-state index contributed by atoms with van der Waals surface area (Å²) in [5.74, 6) is -1.19. The van der Waals surface area contributed by atoms with Crippen LogP contribution in [0.2, 0.25) is 0 Å². The number of nitrogens with one attached hydrogen (secondary N) is 1. The third-order valence-corrected chi connectivity index (χ3v) is 2.80. The van der Waals surface area contributed by atoms with Gasteiger partial charge in [0, 0.05) is 13.2 Å². The third-order valence-electron chi connectivity index (χ3n) is 2.80. The largest absolute Gasteiger partial charge is 0.480 e. The number of carbonyl (C=O) groups is 2. The van der Waals surface area contributed by atoms with Gasteiger partial charge in [-0.25, -0.2) is 4.79 Å². The van der Waals surface area contributed by atoms with Crippen molar-refractivity contribution in [3.05, 3.63) is 17.5 Å². The van der Waals surface area contributed by atoms with Crippen molar-refractivity contribution in [2.45, 2.75) is 39.7 Å². The highest BCUT2D eigenvalue weighted by atomic mass is 16.4. The molecule has 0 aliphatic rings. The van der Waals surface area contributed by atoms with Gasteiger partial charge in [0.2, 0.25) is 0 Å². The predicted molar refractivity (Wildman–Crippen MR) is 70.9 cm³/mol. The van der Waals surface area contributed by atoms with E-state index >= 15 is 0 Å². The van der Waals surface area contributed by atoms with Crippen LogP contribution in [0.15, 0.2) is 6.20 Å². The number of amides is 1. The van der Waals surface area contributed by atoms with Gasteiger partial charge in [0.25, 0.3) is 5.91 Å². The van der Waals surface area contributed by atoms with Crippen LogP contribution in [0.1, 0.15) is 43.2 Å². The second-order valence-electron chi connectivity index (χ2n) is 5.01. The van der Waals surface area contributed by atoms with Crippen molar-refractivity contribution in [1.82, 2.24) is 15.1 Å². The lowest BCUT2D eigenvalue weighted by molar-refractivity contribution is -0.139. The molecule has 1 atom stereocenters. The summed E-state index contributed by atoms with van der Waals surface area (Å²) in [7, 11) is 1.73. The minimum absolute atomic E-state index is 0.195. The number of carboxylic acid groups (broad SMARTS) is 1. The van der Waals surface area contributed by atoms with E-state index in [1.807, 2.05) is 20.8 Å². The standard InChI is InChI=1S/C13H21N3O3/c1-5-10-9(7-16(4)15-10)12(17)14-11(13(18)19)6-8(2)3/h7-8,11H,5-6H2,1-4H3,(H,14,17)(H,18,19)/t11-/m0/s1. The fraction of sp³-hybridized carbons (Fsp3) is 0.615. The van der Waals surface area contributed by atoms with Gasteiger partial charge in [0.05, 0.1) is 11.3 Å². The first kappa shape index (κ1) is 15.2. The van der Waals surface area contributed by atoms with Gasteiger partial charge in [0.1, 0.15) is 6.04 Å². The smallest absolute Gasteiger partial charge is 0.326 e. The Kier molecular flexibility index (Phi) is 5.09. The molecular formula is C13H21N3O3. The molecule has 0 aliphatic carbocycles. The van der Waals surface area contributed by atoms with E-state index in [1.54, 1.807) is 17.9 Å². The molecule has 0 aliphatic heterocycles. The van der Waals surface area contributed by atoms with Crippen molar-refractivity contribution < 1.29 is 14.7 Å². The maximum absolute atomic E-state index is 12.1. The Morgan fingerprint density at radius 2 is 2.11 bits per heavy atom. The topological polar surface area (TPSA) is 84.2 Å². The number of nitrogens with zero attached hydrogens (tertiary/aromatic N) is 2. The van der Waals surface area contributed by atoms with Gasteiger partial charge in [0.15, 0.2) is 0 Å². The van der Waals surface area contributed by atoms with Crippen molar-refractivity contribution in [2.24, 2.45) is 13.0 Å². The zero-order valence-corrected chi connectivity index (χ0v) is 11.8. The number of aromatic nitrogens is 2. The van der Waals surface area contributed by atoms with Crippen LogP contribution in [0, 0.1) is 5.92 Å². The van der Waals surface area contributed by atoms with Crippen molar-refractivity contribution >= 4 is 11.9 Å². The lowest BCUT2D eigenvalue weighted by Crippen LogP contribution is -2.41. The van der Waals surface area contributed by atoms with Gasteiger partial charge in [-0.2, -0.15) is 5.10 Å². The fourth-order valence-electron chi connectivity index (χ4n) is 1.91. The zero-order chi connectivity index (χ0) is 14.6. The molecule has 0 radical (unpaired) electrons. The average molecular weight is 267 g/mol. The maximum atomic E-state index is 12.1. The van der Waals surface area contributed by atoms with Crippen molar-refractivity contribution in [1.29, 1.82) is 0 Å². The Hall–Kier alpha value is -1.85. The van der Waals surface area contributed by atoms with E-state index in [1.165, 1.54) is 0 Å². The van der Waals surface area contributed by atoms with Crippen LogP contribution in [-0.4, -0.2) is 32.8 Å². The highest BCUT2D eigenvalue weighted by Gasteiger charge is 2.23. The molecule has 0 saturated carbocycles. The highest BCUT2D eigenvalue weighted by molar-refractivity contribution is 5.97. The molecule has 0 bridgehead atoms. The van der Waals surface area contributed by atoms with Crippen LogP contribution in [-0.2, 0) is 18.3 Å². The molecule has 106 valence electrons. The van der Waals surface area contributed by atoms with Crippen molar-refractivity contribution in [2.75, 3.05) is 0 Å². The van der Waals surface area contributed by atoms with E-state index in [4.69, 9.17) is 5.11 Å². The van der Waals surface area contributed by atoms with Gasteiger partial charge in [-0.3, -0.25) is 9.48 Å². The molecule has 1 amide bonds. The normalized spacial score (nSPS) is 12.5. The van der Waals surface area contributed by atoms with E-state index in [9.17, 15) is 9.59 Å². The van der Waals surface area contributed by atoms with E-state index in [0.29, 0.717) is 24.1 Å². The molecule has 1 aromatic heterocycles. The van der Waals surface area contributed by atoms with Crippen molar-refractivity contribution in [3.8, 4) is 0 Å². The first-order valence-corrected chi connectivity index (χ1v) is 6.41. The number of aliphatic carboxylic acids is 1. The molecule has 0 aromatic carbocycles. The molecular weight excluding hydrogens is 246 g/mol. The first-order chi connectivity index (χ1) is 8.85. The van der Waals surface area contributed by atoms with Crippen LogP contribution in [0.4, 0.5) is 0 Å². The van der Waals surface area contributed by atoms with Gasteiger partial charge >= 0.3 is 5.97 Å². The molecule has 19 heavy (non-hydrogen) atoms. The van der Waals surface area contributed by atoms with Gasteiger partial charge in [-0.15, -0.1) is 0 Å². The number of hydrogen-bond acceptors (Lipinski definition) is 3. The summed E-state index contributed by atoms with van der Waals surface area (Å²) >= 11 is 0. The fourth-order valence-corrected chi connectivity index (χ4v) is 1.91. The van der Waals surface area contributed by atoms with E-state index in [-0.39, 0.29) is 11.8 Å². The second-order valence-corrected chi connectivity index (χ2v) is 5.01. The van der Waals surface area contributed by atoms with E-state index in [0.717, 1.165) is 0 Å². The number of hydrogen-bond donors (Lipinski definition) is 2. The predicted octanol–water partition coefficient (Wildman–Crippen LogP) is 1.21. The monoisotopic (exact) mass is 267 g/mol. The van der Waals surface area contributed by atoms with Crippen LogP contribution in [0.3, 0.4) is 0 Å². The third kappa shape index (κ3) is 4.08. The molecule has 0 unspecified atom stereocenters. The lowest BCUT2D eigenvalue weighted by Gasteiger charge is -2.16. The SMILES string of the molecule is CCc1nn(C)cc1C(=O)N[C@@H](CC(C)C)C(=O)O.